The van der Waals surface area contributed by atoms with Crippen molar-refractivity contribution in [2.45, 2.75) is 18.0 Å². The molecule has 0 amide bonds. The minimum atomic E-state index is -4.12. The predicted octanol–water partition coefficient (Wildman–Crippen LogP) is 3.43. The van der Waals surface area contributed by atoms with E-state index in [4.69, 9.17) is 9.15 Å². The lowest BCUT2D eigenvalue weighted by Gasteiger charge is -2.21. The summed E-state index contributed by atoms with van der Waals surface area (Å²) in [5, 5.41) is 11.6. The van der Waals surface area contributed by atoms with E-state index in [1.165, 1.54) is 25.5 Å². The van der Waals surface area contributed by atoms with Crippen molar-refractivity contribution in [1.29, 1.82) is 0 Å². The number of furan rings is 1. The minimum Gasteiger partial charge on any atom is -0.497 e. The Labute approximate surface area is 188 Å². The van der Waals surface area contributed by atoms with Gasteiger partial charge in [0, 0.05) is 30.3 Å². The molecule has 0 aliphatic heterocycles. The van der Waals surface area contributed by atoms with Gasteiger partial charge in [0.2, 0.25) is 10.0 Å². The Morgan fingerprint density at radius 3 is 2.48 bits per heavy atom. The molecule has 0 bridgehead atoms. The SMILES string of the molecule is COc1ccc2cc(CN(Cc3ccco3)S(=O)(=O)c3ccc([N+](=O)[O-])cc3)c(=O)[nH]c2c1. The number of nitro groups is 1. The van der Waals surface area contributed by atoms with Crippen molar-refractivity contribution in [3.8, 4) is 5.75 Å². The average molecular weight is 469 g/mol. The molecule has 2 heterocycles. The number of methoxy groups -OCH3 is 1. The number of aromatic nitrogens is 1. The highest BCUT2D eigenvalue weighted by Crippen LogP contribution is 2.24. The first-order valence-electron chi connectivity index (χ1n) is 9.75. The molecule has 2 aromatic heterocycles. The molecule has 0 atom stereocenters. The van der Waals surface area contributed by atoms with Crippen molar-refractivity contribution in [3.05, 3.63) is 98.7 Å². The maximum absolute atomic E-state index is 13.4. The first kappa shape index (κ1) is 22.2. The quantitative estimate of drug-likeness (QED) is 0.308. The van der Waals surface area contributed by atoms with Crippen LogP contribution in [-0.4, -0.2) is 29.7 Å². The van der Waals surface area contributed by atoms with Crippen molar-refractivity contribution >= 4 is 26.6 Å². The smallest absolute Gasteiger partial charge is 0.269 e. The van der Waals surface area contributed by atoms with Gasteiger partial charge in [0.25, 0.3) is 11.2 Å². The number of benzene rings is 2. The molecular weight excluding hydrogens is 450 g/mol. The molecule has 0 saturated carbocycles. The molecule has 170 valence electrons. The van der Waals surface area contributed by atoms with Crippen LogP contribution in [0.15, 0.2) is 81.0 Å². The fourth-order valence-electron chi connectivity index (χ4n) is 3.35. The number of non-ortho nitro benzene ring substituents is 1. The molecule has 33 heavy (non-hydrogen) atoms. The Balaban J connectivity index is 1.74. The first-order valence-corrected chi connectivity index (χ1v) is 11.2. The number of nitrogens with one attached hydrogen (secondary N) is 1. The van der Waals surface area contributed by atoms with Crippen LogP contribution in [0.2, 0.25) is 0 Å². The molecule has 2 aromatic carbocycles. The summed E-state index contributed by atoms with van der Waals surface area (Å²) >= 11 is 0. The summed E-state index contributed by atoms with van der Waals surface area (Å²) in [6, 6.07) is 14.6. The summed E-state index contributed by atoms with van der Waals surface area (Å²) < 4.78 is 38.4. The molecule has 0 aliphatic carbocycles. The molecule has 0 unspecified atom stereocenters. The molecule has 10 nitrogen and oxygen atoms in total. The molecular formula is C22H19N3O7S. The number of fused-ring (bicyclic) bond motifs is 1. The van der Waals surface area contributed by atoms with Crippen molar-refractivity contribution in [2.75, 3.05) is 7.11 Å². The second-order valence-corrected chi connectivity index (χ2v) is 9.12. The van der Waals surface area contributed by atoms with E-state index in [0.717, 1.165) is 16.4 Å². The fourth-order valence-corrected chi connectivity index (χ4v) is 4.74. The summed E-state index contributed by atoms with van der Waals surface area (Å²) in [4.78, 5) is 25.7. The van der Waals surface area contributed by atoms with Gasteiger partial charge in [-0.3, -0.25) is 14.9 Å². The molecule has 0 fully saturated rings. The second kappa shape index (κ2) is 8.88. The maximum Gasteiger partial charge on any atom is 0.269 e. The van der Waals surface area contributed by atoms with E-state index in [1.807, 2.05) is 0 Å². The number of H-pyrrole nitrogens is 1. The van der Waals surface area contributed by atoms with Gasteiger partial charge in [-0.1, -0.05) is 0 Å². The summed E-state index contributed by atoms with van der Waals surface area (Å²) in [6.45, 7) is -0.371. The highest BCUT2D eigenvalue weighted by Gasteiger charge is 2.27. The van der Waals surface area contributed by atoms with Gasteiger partial charge < -0.3 is 14.1 Å². The second-order valence-electron chi connectivity index (χ2n) is 7.18. The van der Waals surface area contributed by atoms with Gasteiger partial charge in [0.05, 0.1) is 35.3 Å². The van der Waals surface area contributed by atoms with Crippen LogP contribution in [0, 0.1) is 10.1 Å². The van der Waals surface area contributed by atoms with Crippen molar-refractivity contribution in [1.82, 2.24) is 9.29 Å². The number of ether oxygens (including phenoxy) is 1. The van der Waals surface area contributed by atoms with Crippen LogP contribution >= 0.6 is 0 Å². The lowest BCUT2D eigenvalue weighted by molar-refractivity contribution is -0.384. The normalized spacial score (nSPS) is 11.7. The van der Waals surface area contributed by atoms with Crippen LogP contribution in [0.5, 0.6) is 5.75 Å². The molecule has 0 aliphatic rings. The number of rotatable bonds is 8. The number of nitro benzene ring substituents is 1. The molecule has 0 radical (unpaired) electrons. The van der Waals surface area contributed by atoms with Crippen LogP contribution in [0.25, 0.3) is 10.9 Å². The van der Waals surface area contributed by atoms with Gasteiger partial charge in [0.15, 0.2) is 0 Å². The van der Waals surface area contributed by atoms with Crippen molar-refractivity contribution in [2.24, 2.45) is 0 Å². The highest BCUT2D eigenvalue weighted by molar-refractivity contribution is 7.89. The van der Waals surface area contributed by atoms with Gasteiger partial charge in [-0.15, -0.1) is 0 Å². The standard InChI is InChI=1S/C22H19N3O7S/c1-31-18-7-4-15-11-16(22(26)23-21(15)12-18)13-24(14-19-3-2-10-32-19)33(29,30)20-8-5-17(6-9-20)25(27)28/h2-12H,13-14H2,1H3,(H,23,26). The zero-order valence-electron chi connectivity index (χ0n) is 17.4. The number of nitrogens with zero attached hydrogens (tertiary/aromatic N) is 2. The van der Waals surface area contributed by atoms with Crippen molar-refractivity contribution < 1.29 is 22.5 Å². The zero-order valence-corrected chi connectivity index (χ0v) is 18.2. The number of hydrogen-bond acceptors (Lipinski definition) is 7. The monoisotopic (exact) mass is 469 g/mol. The Bertz CT molecular complexity index is 1460. The van der Waals surface area contributed by atoms with Crippen LogP contribution in [0.3, 0.4) is 0 Å². The Morgan fingerprint density at radius 1 is 1.09 bits per heavy atom. The first-order chi connectivity index (χ1) is 15.8. The lowest BCUT2D eigenvalue weighted by atomic mass is 10.1. The molecule has 1 N–H and O–H groups in total. The van der Waals surface area contributed by atoms with E-state index in [9.17, 15) is 23.3 Å². The minimum absolute atomic E-state index is 0.133. The lowest BCUT2D eigenvalue weighted by Crippen LogP contribution is -2.32. The fraction of sp³-hybridized carbons (Fsp3) is 0.136. The van der Waals surface area contributed by atoms with Crippen LogP contribution in [0.4, 0.5) is 5.69 Å². The third-order valence-electron chi connectivity index (χ3n) is 5.07. The van der Waals surface area contributed by atoms with Gasteiger partial charge >= 0.3 is 0 Å². The molecule has 0 saturated heterocycles. The summed E-state index contributed by atoms with van der Waals surface area (Å²) in [6.07, 6.45) is 1.42. The summed E-state index contributed by atoms with van der Waals surface area (Å²) in [5.74, 6) is 0.952. The van der Waals surface area contributed by atoms with E-state index in [0.29, 0.717) is 22.4 Å². The van der Waals surface area contributed by atoms with E-state index in [1.54, 1.807) is 36.4 Å². The summed E-state index contributed by atoms with van der Waals surface area (Å²) in [7, 11) is -2.60. The van der Waals surface area contributed by atoms with Crippen LogP contribution in [0.1, 0.15) is 11.3 Å². The van der Waals surface area contributed by atoms with E-state index in [2.05, 4.69) is 4.98 Å². The van der Waals surface area contributed by atoms with Gasteiger partial charge in [-0.05, 0) is 47.9 Å². The van der Waals surface area contributed by atoms with Gasteiger partial charge in [-0.2, -0.15) is 4.31 Å². The molecule has 4 aromatic rings. The van der Waals surface area contributed by atoms with E-state index >= 15 is 0 Å². The average Bonchev–Trinajstić information content (AvgIpc) is 3.32. The van der Waals surface area contributed by atoms with Crippen molar-refractivity contribution in [3.63, 3.8) is 0 Å². The third-order valence-corrected chi connectivity index (χ3v) is 6.88. The third kappa shape index (κ3) is 4.64. The number of sulfonamides is 1. The van der Waals surface area contributed by atoms with Gasteiger partial charge in [-0.25, -0.2) is 8.42 Å². The number of aromatic amines is 1. The Morgan fingerprint density at radius 2 is 1.85 bits per heavy atom. The Kier molecular flexibility index (Phi) is 5.99. The van der Waals surface area contributed by atoms with E-state index in [-0.39, 0.29) is 29.2 Å². The zero-order chi connectivity index (χ0) is 23.6. The van der Waals surface area contributed by atoms with E-state index < -0.39 is 20.5 Å². The van der Waals surface area contributed by atoms with Crippen LogP contribution in [-0.2, 0) is 23.1 Å². The number of pyridine rings is 1. The maximum atomic E-state index is 13.4. The predicted molar refractivity (Wildman–Crippen MR) is 119 cm³/mol. The van der Waals surface area contributed by atoms with Crippen LogP contribution < -0.4 is 10.3 Å². The Hall–Kier alpha value is -3.96. The summed E-state index contributed by atoms with van der Waals surface area (Å²) in [5.41, 5.74) is 0.107. The molecule has 11 heteroatoms. The number of hydrogen-bond donors (Lipinski definition) is 1. The largest absolute Gasteiger partial charge is 0.497 e. The topological polar surface area (TPSA) is 136 Å². The molecule has 0 spiro atoms. The highest BCUT2D eigenvalue weighted by atomic mass is 32.2. The van der Waals surface area contributed by atoms with Gasteiger partial charge in [0.1, 0.15) is 11.5 Å². The molecule has 4 rings (SSSR count).